The molecule has 0 saturated heterocycles. The van der Waals surface area contributed by atoms with E-state index in [1.807, 2.05) is 41.4 Å². The molecule has 0 fully saturated rings. The topological polar surface area (TPSA) is 45.5 Å². The largest absolute Gasteiger partial charge is 0.372 e. The minimum absolute atomic E-state index is 0.333. The van der Waals surface area contributed by atoms with Gasteiger partial charge in [0, 0.05) is 30.9 Å². The van der Waals surface area contributed by atoms with Crippen LogP contribution in [-0.2, 0) is 6.42 Å². The third kappa shape index (κ3) is 1.90. The Morgan fingerprint density at radius 3 is 3.19 bits per heavy atom. The van der Waals surface area contributed by atoms with Gasteiger partial charge in [0.1, 0.15) is 5.82 Å². The molecule has 4 heterocycles. The van der Waals surface area contributed by atoms with E-state index in [4.69, 9.17) is 4.98 Å². The lowest BCUT2D eigenvalue weighted by Gasteiger charge is -2.34. The fraction of sp³-hybridized carbons (Fsp3) is 0.333. The molecule has 1 aliphatic heterocycles. The first-order valence-corrected chi connectivity index (χ1v) is 8.00. The smallest absolute Gasteiger partial charge is 0.180 e. The van der Waals surface area contributed by atoms with Gasteiger partial charge >= 0.3 is 0 Å². The lowest BCUT2D eigenvalue weighted by Crippen LogP contribution is -2.34. The molecule has 0 bridgehead atoms. The van der Waals surface area contributed by atoms with Crippen LogP contribution in [0.2, 0.25) is 0 Å². The molecule has 1 N–H and O–H groups in total. The van der Waals surface area contributed by atoms with Crippen LogP contribution in [0.1, 0.15) is 23.4 Å². The summed E-state index contributed by atoms with van der Waals surface area (Å²) < 4.78 is 2.03. The summed E-state index contributed by atoms with van der Waals surface area (Å²) in [4.78, 5) is 13.1. The van der Waals surface area contributed by atoms with Crippen LogP contribution < -0.4 is 10.2 Å². The van der Waals surface area contributed by atoms with E-state index in [0.717, 1.165) is 30.2 Å². The molecule has 0 spiro atoms. The van der Waals surface area contributed by atoms with Crippen molar-refractivity contribution in [3.05, 3.63) is 40.5 Å². The molecular weight excluding hydrogens is 282 g/mol. The number of hydrogen-bond donors (Lipinski definition) is 1. The zero-order valence-electron chi connectivity index (χ0n) is 12.1. The summed E-state index contributed by atoms with van der Waals surface area (Å²) in [5.41, 5.74) is 2.34. The first-order valence-electron chi connectivity index (χ1n) is 7.12. The molecule has 0 amide bonds. The number of thiophene rings is 1. The number of hydrogen-bond acceptors (Lipinski definition) is 5. The van der Waals surface area contributed by atoms with E-state index in [1.165, 1.54) is 10.4 Å². The van der Waals surface area contributed by atoms with Crippen molar-refractivity contribution in [3.63, 3.8) is 0 Å². The Bertz CT molecular complexity index is 790. The molecule has 3 aromatic heterocycles. The van der Waals surface area contributed by atoms with Crippen molar-refractivity contribution in [2.75, 3.05) is 23.8 Å². The third-order valence-electron chi connectivity index (χ3n) is 4.16. The summed E-state index contributed by atoms with van der Waals surface area (Å²) >= 11 is 1.86. The summed E-state index contributed by atoms with van der Waals surface area (Å²) in [6.07, 6.45) is 6.84. The zero-order valence-corrected chi connectivity index (χ0v) is 12.9. The van der Waals surface area contributed by atoms with Crippen molar-refractivity contribution in [2.24, 2.45) is 0 Å². The number of rotatable bonds is 2. The normalized spacial score (nSPS) is 18.0. The van der Waals surface area contributed by atoms with E-state index < -0.39 is 0 Å². The molecule has 108 valence electrons. The fourth-order valence-electron chi connectivity index (χ4n) is 3.03. The maximum Gasteiger partial charge on any atom is 0.180 e. The molecule has 3 aromatic rings. The summed E-state index contributed by atoms with van der Waals surface area (Å²) in [7, 11) is 1.89. The SMILES string of the molecule is CNc1cn2ccnc2c(N2CCc3sccc3C2C)n1. The number of anilines is 2. The average molecular weight is 299 g/mol. The van der Waals surface area contributed by atoms with Gasteiger partial charge in [0.15, 0.2) is 11.5 Å². The van der Waals surface area contributed by atoms with Crippen LogP contribution in [0, 0.1) is 0 Å². The molecule has 0 aliphatic carbocycles. The van der Waals surface area contributed by atoms with Gasteiger partial charge in [-0.05, 0) is 30.4 Å². The van der Waals surface area contributed by atoms with Crippen molar-refractivity contribution in [1.29, 1.82) is 0 Å². The molecule has 4 rings (SSSR count). The monoisotopic (exact) mass is 299 g/mol. The molecule has 21 heavy (non-hydrogen) atoms. The Labute approximate surface area is 127 Å². The second-order valence-corrected chi connectivity index (χ2v) is 6.28. The van der Waals surface area contributed by atoms with E-state index in [-0.39, 0.29) is 0 Å². The predicted molar refractivity (Wildman–Crippen MR) is 86.3 cm³/mol. The lowest BCUT2D eigenvalue weighted by atomic mass is 10.0. The maximum atomic E-state index is 4.76. The van der Waals surface area contributed by atoms with Gasteiger partial charge in [-0.15, -0.1) is 11.3 Å². The Hall–Kier alpha value is -2.08. The van der Waals surface area contributed by atoms with Gasteiger partial charge in [-0.2, -0.15) is 0 Å². The number of nitrogens with zero attached hydrogens (tertiary/aromatic N) is 4. The van der Waals surface area contributed by atoms with Gasteiger partial charge in [0.05, 0.1) is 12.2 Å². The minimum Gasteiger partial charge on any atom is -0.372 e. The van der Waals surface area contributed by atoms with Crippen molar-refractivity contribution in [3.8, 4) is 0 Å². The van der Waals surface area contributed by atoms with Crippen LogP contribution in [0.4, 0.5) is 11.6 Å². The quantitative estimate of drug-likeness (QED) is 0.790. The molecule has 5 nitrogen and oxygen atoms in total. The van der Waals surface area contributed by atoms with Crippen LogP contribution in [-0.4, -0.2) is 28.0 Å². The van der Waals surface area contributed by atoms with Crippen molar-refractivity contribution in [2.45, 2.75) is 19.4 Å². The summed E-state index contributed by atoms with van der Waals surface area (Å²) in [6, 6.07) is 2.57. The minimum atomic E-state index is 0.333. The predicted octanol–water partition coefficient (Wildman–Crippen LogP) is 2.96. The van der Waals surface area contributed by atoms with Gasteiger partial charge in [-0.25, -0.2) is 9.97 Å². The van der Waals surface area contributed by atoms with E-state index in [1.54, 1.807) is 0 Å². The van der Waals surface area contributed by atoms with Gasteiger partial charge in [0.25, 0.3) is 0 Å². The van der Waals surface area contributed by atoms with E-state index in [2.05, 4.69) is 33.6 Å². The lowest BCUT2D eigenvalue weighted by molar-refractivity contribution is 0.625. The zero-order chi connectivity index (χ0) is 14.4. The third-order valence-corrected chi connectivity index (χ3v) is 5.16. The summed E-state index contributed by atoms with van der Waals surface area (Å²) in [5, 5.41) is 5.32. The van der Waals surface area contributed by atoms with E-state index in [9.17, 15) is 0 Å². The molecular formula is C15H17N5S. The van der Waals surface area contributed by atoms with Gasteiger partial charge < -0.3 is 14.6 Å². The molecule has 1 aliphatic rings. The standard InChI is InChI=1S/C15H17N5S/c1-10-11-4-8-21-12(11)3-6-20(10)15-14-17-5-7-19(14)9-13(16-2)18-15/h4-5,7-10,16H,3,6H2,1-2H3. The van der Waals surface area contributed by atoms with E-state index in [0.29, 0.717) is 6.04 Å². The highest BCUT2D eigenvalue weighted by Gasteiger charge is 2.27. The molecule has 1 atom stereocenters. The first-order chi connectivity index (χ1) is 10.3. The second kappa shape index (κ2) is 4.73. The van der Waals surface area contributed by atoms with Crippen molar-refractivity contribution >= 4 is 28.6 Å². The van der Waals surface area contributed by atoms with Crippen molar-refractivity contribution in [1.82, 2.24) is 14.4 Å². The van der Waals surface area contributed by atoms with Crippen molar-refractivity contribution < 1.29 is 0 Å². The van der Waals surface area contributed by atoms with Crippen LogP contribution in [0.15, 0.2) is 30.0 Å². The van der Waals surface area contributed by atoms with Crippen LogP contribution >= 0.6 is 11.3 Å². The van der Waals surface area contributed by atoms with E-state index >= 15 is 0 Å². The number of imidazole rings is 1. The summed E-state index contributed by atoms with van der Waals surface area (Å²) in [5.74, 6) is 1.81. The molecule has 6 heteroatoms. The van der Waals surface area contributed by atoms with Gasteiger partial charge in [-0.1, -0.05) is 0 Å². The fourth-order valence-corrected chi connectivity index (χ4v) is 3.99. The number of nitrogens with one attached hydrogen (secondary N) is 1. The first kappa shape index (κ1) is 12.6. The average Bonchev–Trinajstić information content (AvgIpc) is 3.15. The summed E-state index contributed by atoms with van der Waals surface area (Å²) in [6.45, 7) is 3.23. The molecule has 0 saturated carbocycles. The van der Waals surface area contributed by atoms with Crippen LogP contribution in [0.5, 0.6) is 0 Å². The molecule has 0 aromatic carbocycles. The second-order valence-electron chi connectivity index (χ2n) is 5.28. The number of fused-ring (bicyclic) bond motifs is 2. The maximum absolute atomic E-state index is 4.76. The van der Waals surface area contributed by atoms with Crippen LogP contribution in [0.3, 0.4) is 0 Å². The van der Waals surface area contributed by atoms with Crippen LogP contribution in [0.25, 0.3) is 5.65 Å². The highest BCUT2D eigenvalue weighted by Crippen LogP contribution is 2.36. The molecule has 1 unspecified atom stereocenters. The molecule has 0 radical (unpaired) electrons. The van der Waals surface area contributed by atoms with Gasteiger partial charge in [0.2, 0.25) is 0 Å². The van der Waals surface area contributed by atoms with Gasteiger partial charge in [-0.3, -0.25) is 0 Å². The Morgan fingerprint density at radius 1 is 1.43 bits per heavy atom. The highest BCUT2D eigenvalue weighted by molar-refractivity contribution is 7.10. The highest BCUT2D eigenvalue weighted by atomic mass is 32.1. The Kier molecular flexibility index (Phi) is 2.85. The number of aromatic nitrogens is 3. The Balaban J connectivity index is 1.85. The Morgan fingerprint density at radius 2 is 2.33 bits per heavy atom.